The highest BCUT2D eigenvalue weighted by molar-refractivity contribution is 9.10. The predicted octanol–water partition coefficient (Wildman–Crippen LogP) is 2.95. The highest BCUT2D eigenvalue weighted by Gasteiger charge is 2.16. The molecule has 0 bridgehead atoms. The molecule has 2 rings (SSSR count). The third-order valence-electron chi connectivity index (χ3n) is 2.72. The van der Waals surface area contributed by atoms with Gasteiger partial charge in [-0.1, -0.05) is 6.07 Å². The second-order valence-corrected chi connectivity index (χ2v) is 4.58. The maximum absolute atomic E-state index is 11.3. The van der Waals surface area contributed by atoms with Gasteiger partial charge in [-0.2, -0.15) is 0 Å². The predicted molar refractivity (Wildman–Crippen MR) is 67.7 cm³/mol. The average Bonchev–Trinajstić information content (AvgIpc) is 2.59. The van der Waals surface area contributed by atoms with Crippen LogP contribution in [0.5, 0.6) is 0 Å². The molecule has 0 unspecified atom stereocenters. The third-order valence-corrected chi connectivity index (χ3v) is 3.38. The first kappa shape index (κ1) is 11.9. The SMILES string of the molecule is Cc1ncn(-c2cccc(Br)c2C(=O)O)c1C. The summed E-state index contributed by atoms with van der Waals surface area (Å²) in [6.07, 6.45) is 1.64. The molecule has 0 amide bonds. The molecular weight excluding hydrogens is 284 g/mol. The van der Waals surface area contributed by atoms with Crippen molar-refractivity contribution in [2.45, 2.75) is 13.8 Å². The highest BCUT2D eigenvalue weighted by Crippen LogP contribution is 2.25. The zero-order valence-electron chi connectivity index (χ0n) is 9.44. The molecule has 0 aliphatic carbocycles. The Morgan fingerprint density at radius 1 is 1.41 bits per heavy atom. The van der Waals surface area contributed by atoms with Crippen LogP contribution in [-0.4, -0.2) is 20.6 Å². The number of rotatable bonds is 2. The molecule has 0 radical (unpaired) electrons. The summed E-state index contributed by atoms with van der Waals surface area (Å²) in [6.45, 7) is 3.80. The molecule has 1 heterocycles. The maximum Gasteiger partial charge on any atom is 0.338 e. The van der Waals surface area contributed by atoms with Gasteiger partial charge in [-0.15, -0.1) is 0 Å². The lowest BCUT2D eigenvalue weighted by atomic mass is 10.1. The quantitative estimate of drug-likeness (QED) is 0.926. The third kappa shape index (κ3) is 1.98. The number of carboxylic acids is 1. The fourth-order valence-electron chi connectivity index (χ4n) is 1.67. The van der Waals surface area contributed by atoms with E-state index >= 15 is 0 Å². The van der Waals surface area contributed by atoms with Crippen LogP contribution in [0.2, 0.25) is 0 Å². The number of aromatic nitrogens is 2. The Balaban J connectivity index is 2.72. The summed E-state index contributed by atoms with van der Waals surface area (Å²) in [5.74, 6) is -0.960. The van der Waals surface area contributed by atoms with Crippen molar-refractivity contribution >= 4 is 21.9 Å². The van der Waals surface area contributed by atoms with Crippen LogP contribution < -0.4 is 0 Å². The van der Waals surface area contributed by atoms with Gasteiger partial charge in [0.1, 0.15) is 0 Å². The van der Waals surface area contributed by atoms with Gasteiger partial charge in [0.05, 0.1) is 23.3 Å². The monoisotopic (exact) mass is 294 g/mol. The first-order chi connectivity index (χ1) is 8.02. The summed E-state index contributed by atoms with van der Waals surface area (Å²) in [5, 5.41) is 9.24. The van der Waals surface area contributed by atoms with Crippen molar-refractivity contribution in [2.24, 2.45) is 0 Å². The van der Waals surface area contributed by atoms with Gasteiger partial charge in [0.2, 0.25) is 0 Å². The van der Waals surface area contributed by atoms with Gasteiger partial charge < -0.3 is 9.67 Å². The molecular formula is C12H11BrN2O2. The first-order valence-corrected chi connectivity index (χ1v) is 5.84. The molecule has 1 aromatic carbocycles. The van der Waals surface area contributed by atoms with E-state index in [1.54, 1.807) is 29.1 Å². The van der Waals surface area contributed by atoms with Crippen molar-refractivity contribution in [1.82, 2.24) is 9.55 Å². The molecule has 0 atom stereocenters. The Morgan fingerprint density at radius 2 is 2.12 bits per heavy atom. The average molecular weight is 295 g/mol. The zero-order valence-corrected chi connectivity index (χ0v) is 11.0. The number of carboxylic acid groups (broad SMARTS) is 1. The molecule has 88 valence electrons. The summed E-state index contributed by atoms with van der Waals surface area (Å²) in [4.78, 5) is 15.4. The van der Waals surface area contributed by atoms with Crippen LogP contribution in [0.15, 0.2) is 29.0 Å². The van der Waals surface area contributed by atoms with E-state index < -0.39 is 5.97 Å². The molecule has 1 aromatic heterocycles. The first-order valence-electron chi connectivity index (χ1n) is 5.05. The minimum Gasteiger partial charge on any atom is -0.478 e. The Morgan fingerprint density at radius 3 is 2.65 bits per heavy atom. The lowest BCUT2D eigenvalue weighted by Gasteiger charge is -2.10. The van der Waals surface area contributed by atoms with E-state index in [1.165, 1.54) is 0 Å². The minimum atomic E-state index is -0.960. The van der Waals surface area contributed by atoms with Crippen molar-refractivity contribution in [3.63, 3.8) is 0 Å². The van der Waals surface area contributed by atoms with Gasteiger partial charge in [0.15, 0.2) is 0 Å². The van der Waals surface area contributed by atoms with Crippen molar-refractivity contribution in [2.75, 3.05) is 0 Å². The van der Waals surface area contributed by atoms with Gasteiger partial charge in [0, 0.05) is 10.2 Å². The number of hydrogen-bond donors (Lipinski definition) is 1. The Bertz CT molecular complexity index is 590. The Labute approximate surface area is 107 Å². The fourth-order valence-corrected chi connectivity index (χ4v) is 2.19. The molecule has 0 aliphatic heterocycles. The fraction of sp³-hybridized carbons (Fsp3) is 0.167. The summed E-state index contributed by atoms with van der Waals surface area (Å²) >= 11 is 3.26. The molecule has 2 aromatic rings. The number of halogens is 1. The Kier molecular flexibility index (Phi) is 3.02. The van der Waals surface area contributed by atoms with Crippen molar-refractivity contribution in [3.05, 3.63) is 46.0 Å². The maximum atomic E-state index is 11.3. The minimum absolute atomic E-state index is 0.244. The van der Waals surface area contributed by atoms with Gasteiger partial charge in [-0.3, -0.25) is 0 Å². The van der Waals surface area contributed by atoms with Gasteiger partial charge in [0.25, 0.3) is 0 Å². The number of carbonyl (C=O) groups is 1. The largest absolute Gasteiger partial charge is 0.478 e. The van der Waals surface area contributed by atoms with Crippen molar-refractivity contribution < 1.29 is 9.90 Å². The van der Waals surface area contributed by atoms with E-state index in [-0.39, 0.29) is 5.56 Å². The number of imidazole rings is 1. The molecule has 0 aliphatic rings. The molecule has 17 heavy (non-hydrogen) atoms. The standard InChI is InChI=1S/C12H11BrN2O2/c1-7-8(2)15(6-14-7)10-5-3-4-9(13)11(10)12(16)17/h3-6H,1-2H3,(H,16,17). The molecule has 5 heteroatoms. The summed E-state index contributed by atoms with van der Waals surface area (Å²) in [7, 11) is 0. The smallest absolute Gasteiger partial charge is 0.338 e. The summed E-state index contributed by atoms with van der Waals surface area (Å²) < 4.78 is 2.34. The lowest BCUT2D eigenvalue weighted by molar-refractivity contribution is 0.0696. The van der Waals surface area contributed by atoms with E-state index in [1.807, 2.05) is 13.8 Å². The van der Waals surface area contributed by atoms with E-state index in [2.05, 4.69) is 20.9 Å². The summed E-state index contributed by atoms with van der Waals surface area (Å²) in [6, 6.07) is 5.29. The molecule has 1 N–H and O–H groups in total. The number of hydrogen-bond acceptors (Lipinski definition) is 2. The molecule has 0 fully saturated rings. The van der Waals surface area contributed by atoms with Crippen LogP contribution >= 0.6 is 15.9 Å². The van der Waals surface area contributed by atoms with E-state index in [9.17, 15) is 9.90 Å². The van der Waals surface area contributed by atoms with Crippen LogP contribution in [0.1, 0.15) is 21.7 Å². The van der Waals surface area contributed by atoms with Crippen LogP contribution in [-0.2, 0) is 0 Å². The van der Waals surface area contributed by atoms with E-state index in [0.717, 1.165) is 11.4 Å². The molecule has 0 spiro atoms. The second-order valence-electron chi connectivity index (χ2n) is 3.72. The molecule has 4 nitrogen and oxygen atoms in total. The normalized spacial score (nSPS) is 10.5. The van der Waals surface area contributed by atoms with Crippen molar-refractivity contribution in [1.29, 1.82) is 0 Å². The van der Waals surface area contributed by atoms with E-state index in [4.69, 9.17) is 0 Å². The van der Waals surface area contributed by atoms with Crippen LogP contribution in [0, 0.1) is 13.8 Å². The zero-order chi connectivity index (χ0) is 12.6. The molecule has 0 saturated heterocycles. The topological polar surface area (TPSA) is 55.1 Å². The van der Waals surface area contributed by atoms with Crippen LogP contribution in [0.3, 0.4) is 0 Å². The number of aryl methyl sites for hydroxylation is 1. The highest BCUT2D eigenvalue weighted by atomic mass is 79.9. The van der Waals surface area contributed by atoms with Crippen LogP contribution in [0.25, 0.3) is 5.69 Å². The van der Waals surface area contributed by atoms with E-state index in [0.29, 0.717) is 10.2 Å². The second kappa shape index (κ2) is 4.33. The number of nitrogens with zero attached hydrogens (tertiary/aromatic N) is 2. The Hall–Kier alpha value is -1.62. The van der Waals surface area contributed by atoms with Crippen molar-refractivity contribution in [3.8, 4) is 5.69 Å². The van der Waals surface area contributed by atoms with Crippen LogP contribution in [0.4, 0.5) is 0 Å². The van der Waals surface area contributed by atoms with Gasteiger partial charge in [-0.05, 0) is 41.9 Å². The number of aromatic carboxylic acids is 1. The van der Waals surface area contributed by atoms with Gasteiger partial charge >= 0.3 is 5.97 Å². The number of benzene rings is 1. The molecule has 0 saturated carbocycles. The lowest BCUT2D eigenvalue weighted by Crippen LogP contribution is -2.07. The van der Waals surface area contributed by atoms with Gasteiger partial charge in [-0.25, -0.2) is 9.78 Å². The summed E-state index contributed by atoms with van der Waals surface area (Å²) in [5.41, 5.74) is 2.69.